The fourth-order valence-electron chi connectivity index (χ4n) is 1.16. The molecule has 5 heteroatoms. The molecule has 0 aliphatic carbocycles. The average Bonchev–Trinajstić information content (AvgIpc) is 2.19. The van der Waals surface area contributed by atoms with Crippen molar-refractivity contribution in [2.24, 2.45) is 0 Å². The maximum Gasteiger partial charge on any atom is 0.325 e. The molecule has 1 aromatic carbocycles. The van der Waals surface area contributed by atoms with E-state index in [1.807, 2.05) is 0 Å². The van der Waals surface area contributed by atoms with Gasteiger partial charge in [-0.05, 0) is 21.5 Å². The molecule has 0 bridgehead atoms. The van der Waals surface area contributed by atoms with E-state index in [1.54, 1.807) is 30.3 Å². The summed E-state index contributed by atoms with van der Waals surface area (Å²) >= 11 is 2.90. The van der Waals surface area contributed by atoms with Crippen molar-refractivity contribution in [3.8, 4) is 0 Å². The molecule has 1 atom stereocenters. The summed E-state index contributed by atoms with van der Waals surface area (Å²) in [5, 5.41) is 8.91. The maximum absolute atomic E-state index is 11.4. The van der Waals surface area contributed by atoms with Crippen molar-refractivity contribution < 1.29 is 19.4 Å². The first-order valence-corrected chi connectivity index (χ1v) is 5.29. The zero-order valence-electron chi connectivity index (χ0n) is 7.72. The van der Waals surface area contributed by atoms with Crippen molar-refractivity contribution in [1.82, 2.24) is 0 Å². The first kappa shape index (κ1) is 11.7. The molecule has 0 saturated carbocycles. The van der Waals surface area contributed by atoms with Gasteiger partial charge >= 0.3 is 11.9 Å². The van der Waals surface area contributed by atoms with Crippen molar-refractivity contribution in [2.45, 2.75) is 5.92 Å². The van der Waals surface area contributed by atoms with Gasteiger partial charge in [0.1, 0.15) is 5.52 Å². The lowest BCUT2D eigenvalue weighted by Crippen LogP contribution is -2.23. The van der Waals surface area contributed by atoms with E-state index in [2.05, 4.69) is 20.7 Å². The second-order valence-corrected chi connectivity index (χ2v) is 3.21. The van der Waals surface area contributed by atoms with Gasteiger partial charge in [0.25, 0.3) is 0 Å². The summed E-state index contributed by atoms with van der Waals surface area (Å²) in [6, 6.07) is 8.25. The van der Waals surface area contributed by atoms with E-state index >= 15 is 0 Å². The average molecular weight is 273 g/mol. The molecule has 0 radical (unpaired) electrons. The Morgan fingerprint density at radius 3 is 2.40 bits per heavy atom. The Hall–Kier alpha value is -1.36. The molecule has 0 amide bonds. The Labute approximate surface area is 95.0 Å². The van der Waals surface area contributed by atoms with Crippen molar-refractivity contribution in [2.75, 3.05) is 5.52 Å². The van der Waals surface area contributed by atoms with Gasteiger partial charge in [0.05, 0.1) is 0 Å². The van der Waals surface area contributed by atoms with E-state index in [-0.39, 0.29) is 5.52 Å². The minimum Gasteiger partial charge on any atom is -0.480 e. The highest BCUT2D eigenvalue weighted by molar-refractivity contribution is 9.09. The number of halogens is 1. The first-order valence-electron chi connectivity index (χ1n) is 4.17. The maximum atomic E-state index is 11.4. The molecule has 1 aromatic rings. The standard InChI is InChI=1S/C10H9BrO4/c11-6-15-10(14)8(9(12)13)7-4-2-1-3-5-7/h1-5,8H,6H2,(H,12,13). The lowest BCUT2D eigenvalue weighted by atomic mass is 10.00. The Balaban J connectivity index is 2.94. The minimum atomic E-state index is -1.26. The van der Waals surface area contributed by atoms with E-state index in [1.165, 1.54) is 0 Å². The highest BCUT2D eigenvalue weighted by atomic mass is 79.9. The summed E-state index contributed by atoms with van der Waals surface area (Å²) in [4.78, 5) is 22.3. The smallest absolute Gasteiger partial charge is 0.325 e. The molecule has 0 heterocycles. The highest BCUT2D eigenvalue weighted by Gasteiger charge is 2.29. The second-order valence-electron chi connectivity index (χ2n) is 2.75. The topological polar surface area (TPSA) is 63.6 Å². The predicted molar refractivity (Wildman–Crippen MR) is 56.7 cm³/mol. The highest BCUT2D eigenvalue weighted by Crippen LogP contribution is 2.17. The van der Waals surface area contributed by atoms with Gasteiger partial charge < -0.3 is 9.84 Å². The number of hydrogen-bond acceptors (Lipinski definition) is 3. The molecule has 0 saturated heterocycles. The number of ether oxygens (including phenoxy) is 1. The van der Waals surface area contributed by atoms with Crippen LogP contribution in [-0.2, 0) is 14.3 Å². The number of carbonyl (C=O) groups is 2. The van der Waals surface area contributed by atoms with Crippen LogP contribution in [0, 0.1) is 0 Å². The number of alkyl halides is 1. The monoisotopic (exact) mass is 272 g/mol. The molecule has 0 aliphatic heterocycles. The van der Waals surface area contributed by atoms with Gasteiger partial charge in [-0.25, -0.2) is 0 Å². The van der Waals surface area contributed by atoms with Crippen LogP contribution in [0.1, 0.15) is 11.5 Å². The Morgan fingerprint density at radius 1 is 1.33 bits per heavy atom. The lowest BCUT2D eigenvalue weighted by Gasteiger charge is -2.10. The van der Waals surface area contributed by atoms with Crippen molar-refractivity contribution in [3.05, 3.63) is 35.9 Å². The molecule has 1 unspecified atom stereocenters. The predicted octanol–water partition coefficient (Wildman–Crippen LogP) is 1.75. The van der Waals surface area contributed by atoms with Crippen LogP contribution in [0.4, 0.5) is 0 Å². The number of aliphatic carboxylic acids is 1. The summed E-state index contributed by atoms with van der Waals surface area (Å²) in [6.07, 6.45) is 0. The lowest BCUT2D eigenvalue weighted by molar-refractivity contribution is -0.152. The van der Waals surface area contributed by atoms with Crippen molar-refractivity contribution in [3.63, 3.8) is 0 Å². The van der Waals surface area contributed by atoms with Crippen LogP contribution in [0.15, 0.2) is 30.3 Å². The molecule has 1 rings (SSSR count). The van der Waals surface area contributed by atoms with Gasteiger partial charge in [0, 0.05) is 0 Å². The summed E-state index contributed by atoms with van der Waals surface area (Å²) < 4.78 is 4.62. The van der Waals surface area contributed by atoms with Crippen LogP contribution in [-0.4, -0.2) is 22.6 Å². The fraction of sp³-hybridized carbons (Fsp3) is 0.200. The van der Waals surface area contributed by atoms with Crippen LogP contribution in [0.5, 0.6) is 0 Å². The number of carbonyl (C=O) groups excluding carboxylic acids is 1. The molecule has 4 nitrogen and oxygen atoms in total. The summed E-state index contributed by atoms with van der Waals surface area (Å²) in [5.74, 6) is -3.25. The van der Waals surface area contributed by atoms with Crippen molar-refractivity contribution in [1.29, 1.82) is 0 Å². The third-order valence-corrected chi connectivity index (χ3v) is 2.04. The van der Waals surface area contributed by atoms with Gasteiger partial charge in [0.2, 0.25) is 0 Å². The van der Waals surface area contributed by atoms with Crippen LogP contribution in [0.2, 0.25) is 0 Å². The van der Waals surface area contributed by atoms with Gasteiger partial charge in [-0.15, -0.1) is 0 Å². The van der Waals surface area contributed by atoms with Crippen LogP contribution in [0.3, 0.4) is 0 Å². The Kier molecular flexibility index (Phi) is 4.30. The molecule has 0 aromatic heterocycles. The normalized spacial score (nSPS) is 11.8. The summed E-state index contributed by atoms with van der Waals surface area (Å²) in [7, 11) is 0. The molecule has 1 N–H and O–H groups in total. The third kappa shape index (κ3) is 3.06. The second kappa shape index (κ2) is 5.50. The zero-order valence-corrected chi connectivity index (χ0v) is 9.31. The van der Waals surface area contributed by atoms with E-state index < -0.39 is 17.9 Å². The molecule has 15 heavy (non-hydrogen) atoms. The fourth-order valence-corrected chi connectivity index (χ4v) is 1.39. The number of benzene rings is 1. The Morgan fingerprint density at radius 2 is 1.93 bits per heavy atom. The summed E-state index contributed by atoms with van der Waals surface area (Å²) in [6.45, 7) is 0. The van der Waals surface area contributed by atoms with E-state index in [0.717, 1.165) is 0 Å². The quantitative estimate of drug-likeness (QED) is 0.515. The molecule has 0 spiro atoms. The SMILES string of the molecule is O=C(O)C(C(=O)OCBr)c1ccccc1. The van der Waals surface area contributed by atoms with Gasteiger partial charge in [-0.1, -0.05) is 30.3 Å². The minimum absolute atomic E-state index is 0.0115. The van der Waals surface area contributed by atoms with Crippen LogP contribution < -0.4 is 0 Å². The number of esters is 1. The molecule has 80 valence electrons. The number of hydrogen-bond donors (Lipinski definition) is 1. The Bertz CT molecular complexity index is 350. The number of carboxylic acids is 1. The zero-order chi connectivity index (χ0) is 11.3. The molecular formula is C10H9BrO4. The first-order chi connectivity index (χ1) is 7.16. The largest absolute Gasteiger partial charge is 0.480 e. The van der Waals surface area contributed by atoms with Gasteiger partial charge in [-0.2, -0.15) is 0 Å². The van der Waals surface area contributed by atoms with Crippen molar-refractivity contribution >= 4 is 27.9 Å². The third-order valence-electron chi connectivity index (χ3n) is 1.81. The van der Waals surface area contributed by atoms with Gasteiger partial charge in [0.15, 0.2) is 5.92 Å². The van der Waals surface area contributed by atoms with E-state index in [9.17, 15) is 9.59 Å². The molecular weight excluding hydrogens is 264 g/mol. The van der Waals surface area contributed by atoms with E-state index in [4.69, 9.17) is 5.11 Å². The molecule has 0 fully saturated rings. The number of rotatable bonds is 4. The molecule has 0 aliphatic rings. The van der Waals surface area contributed by atoms with E-state index in [0.29, 0.717) is 5.56 Å². The summed E-state index contributed by atoms with van der Waals surface area (Å²) in [5.41, 5.74) is 0.401. The van der Waals surface area contributed by atoms with Gasteiger partial charge in [-0.3, -0.25) is 9.59 Å². The van der Waals surface area contributed by atoms with Crippen LogP contribution in [0.25, 0.3) is 0 Å². The number of carboxylic acid groups (broad SMARTS) is 1. The van der Waals surface area contributed by atoms with Crippen LogP contribution >= 0.6 is 15.9 Å².